The Labute approximate surface area is 90.5 Å². The number of nitrogens with two attached hydrogens (primary N) is 1. The molecule has 1 aliphatic rings. The standard InChI is InChI=1S/C11H19N3O/c1-8-3-4-14(9(2)5-8)11-13-10(6-12)7-15-11/h7-9H,3-6,12H2,1-2H3. The van der Waals surface area contributed by atoms with E-state index in [2.05, 4.69) is 23.7 Å². The van der Waals surface area contributed by atoms with E-state index in [0.29, 0.717) is 12.6 Å². The molecule has 2 rings (SSSR count). The fraction of sp³-hybridized carbons (Fsp3) is 0.727. The minimum atomic E-state index is 0.447. The Morgan fingerprint density at radius 1 is 1.60 bits per heavy atom. The van der Waals surface area contributed by atoms with E-state index in [4.69, 9.17) is 10.2 Å². The Bertz CT molecular complexity index is 323. The molecule has 2 unspecified atom stereocenters. The summed E-state index contributed by atoms with van der Waals surface area (Å²) in [6, 6.07) is 1.24. The lowest BCUT2D eigenvalue weighted by Crippen LogP contribution is -2.40. The summed E-state index contributed by atoms with van der Waals surface area (Å²) in [4.78, 5) is 6.60. The molecule has 0 saturated carbocycles. The lowest BCUT2D eigenvalue weighted by atomic mass is 9.94. The smallest absolute Gasteiger partial charge is 0.297 e. The number of oxazole rings is 1. The van der Waals surface area contributed by atoms with Crippen LogP contribution in [0.4, 0.5) is 6.01 Å². The summed E-state index contributed by atoms with van der Waals surface area (Å²) >= 11 is 0. The van der Waals surface area contributed by atoms with E-state index in [1.807, 2.05) is 0 Å². The van der Waals surface area contributed by atoms with E-state index in [9.17, 15) is 0 Å². The van der Waals surface area contributed by atoms with Gasteiger partial charge in [-0.2, -0.15) is 4.98 Å². The van der Waals surface area contributed by atoms with Gasteiger partial charge in [-0.05, 0) is 25.7 Å². The highest BCUT2D eigenvalue weighted by Crippen LogP contribution is 2.26. The molecule has 0 spiro atoms. The zero-order chi connectivity index (χ0) is 10.8. The lowest BCUT2D eigenvalue weighted by Gasteiger charge is -2.35. The Morgan fingerprint density at radius 3 is 3.00 bits per heavy atom. The van der Waals surface area contributed by atoms with E-state index in [1.165, 1.54) is 12.8 Å². The van der Waals surface area contributed by atoms with Gasteiger partial charge in [-0.25, -0.2) is 0 Å². The van der Waals surface area contributed by atoms with Crippen molar-refractivity contribution in [1.82, 2.24) is 4.98 Å². The first-order valence-corrected chi connectivity index (χ1v) is 5.61. The van der Waals surface area contributed by atoms with Crippen LogP contribution in [0.2, 0.25) is 0 Å². The van der Waals surface area contributed by atoms with Gasteiger partial charge in [-0.3, -0.25) is 0 Å². The van der Waals surface area contributed by atoms with Crippen molar-refractivity contribution in [3.8, 4) is 0 Å². The summed E-state index contributed by atoms with van der Waals surface area (Å²) in [5.74, 6) is 0.806. The normalized spacial score (nSPS) is 27.0. The zero-order valence-electron chi connectivity index (χ0n) is 9.44. The summed E-state index contributed by atoms with van der Waals surface area (Å²) in [5.41, 5.74) is 6.34. The zero-order valence-corrected chi connectivity index (χ0v) is 9.44. The van der Waals surface area contributed by atoms with E-state index in [-0.39, 0.29) is 0 Å². The van der Waals surface area contributed by atoms with Gasteiger partial charge in [0.05, 0.1) is 5.69 Å². The molecule has 2 atom stereocenters. The van der Waals surface area contributed by atoms with Crippen molar-refractivity contribution >= 4 is 6.01 Å². The molecule has 4 nitrogen and oxygen atoms in total. The van der Waals surface area contributed by atoms with Crippen molar-refractivity contribution in [2.45, 2.75) is 39.3 Å². The average Bonchev–Trinajstić information content (AvgIpc) is 2.66. The molecule has 0 amide bonds. The molecule has 0 bridgehead atoms. The first kappa shape index (κ1) is 10.5. The van der Waals surface area contributed by atoms with Crippen LogP contribution in [-0.4, -0.2) is 17.6 Å². The van der Waals surface area contributed by atoms with Crippen LogP contribution in [0.25, 0.3) is 0 Å². The van der Waals surface area contributed by atoms with Crippen LogP contribution in [0, 0.1) is 5.92 Å². The quantitative estimate of drug-likeness (QED) is 0.806. The van der Waals surface area contributed by atoms with Crippen LogP contribution >= 0.6 is 0 Å². The van der Waals surface area contributed by atoms with Crippen LogP contribution in [0.15, 0.2) is 10.7 Å². The first-order valence-electron chi connectivity index (χ1n) is 5.61. The molecule has 1 aromatic heterocycles. The van der Waals surface area contributed by atoms with Gasteiger partial charge in [0.2, 0.25) is 0 Å². The number of hydrogen-bond donors (Lipinski definition) is 1. The predicted octanol–water partition coefficient (Wildman–Crippen LogP) is 1.76. The van der Waals surface area contributed by atoms with Gasteiger partial charge >= 0.3 is 0 Å². The van der Waals surface area contributed by atoms with Crippen molar-refractivity contribution in [2.24, 2.45) is 11.7 Å². The fourth-order valence-corrected chi connectivity index (χ4v) is 2.21. The Balaban J connectivity index is 2.09. The first-order chi connectivity index (χ1) is 7.20. The average molecular weight is 209 g/mol. The molecule has 0 aromatic carbocycles. The maximum Gasteiger partial charge on any atom is 0.297 e. The molecule has 4 heteroatoms. The summed E-state index contributed by atoms with van der Waals surface area (Å²) in [6.07, 6.45) is 4.07. The molecule has 0 aliphatic carbocycles. The van der Waals surface area contributed by atoms with Gasteiger partial charge < -0.3 is 15.1 Å². The molecule has 84 valence electrons. The fourth-order valence-electron chi connectivity index (χ4n) is 2.21. The van der Waals surface area contributed by atoms with Gasteiger partial charge in [0.15, 0.2) is 0 Å². The molecule has 2 N–H and O–H groups in total. The maximum atomic E-state index is 5.51. The SMILES string of the molecule is CC1CCN(c2nc(CN)co2)C(C)C1. The molecule has 1 saturated heterocycles. The second-order valence-corrected chi connectivity index (χ2v) is 4.50. The largest absolute Gasteiger partial charge is 0.432 e. The molecule has 1 fully saturated rings. The van der Waals surface area contributed by atoms with Crippen molar-refractivity contribution < 1.29 is 4.42 Å². The number of rotatable bonds is 2. The van der Waals surface area contributed by atoms with Crippen molar-refractivity contribution in [3.63, 3.8) is 0 Å². The topological polar surface area (TPSA) is 55.3 Å². The van der Waals surface area contributed by atoms with E-state index in [0.717, 1.165) is 24.2 Å². The summed E-state index contributed by atoms with van der Waals surface area (Å²) in [5, 5.41) is 0. The Kier molecular flexibility index (Phi) is 2.95. The third-order valence-corrected chi connectivity index (χ3v) is 3.13. The summed E-state index contributed by atoms with van der Waals surface area (Å²) in [7, 11) is 0. The van der Waals surface area contributed by atoms with Crippen molar-refractivity contribution in [3.05, 3.63) is 12.0 Å². The molecule has 15 heavy (non-hydrogen) atoms. The number of nitrogens with zero attached hydrogens (tertiary/aromatic N) is 2. The van der Waals surface area contributed by atoms with Gasteiger partial charge in [0.1, 0.15) is 6.26 Å². The lowest BCUT2D eigenvalue weighted by molar-refractivity contribution is 0.357. The summed E-state index contributed by atoms with van der Waals surface area (Å²) < 4.78 is 5.44. The van der Waals surface area contributed by atoms with E-state index in [1.54, 1.807) is 6.26 Å². The number of piperidine rings is 1. The number of hydrogen-bond acceptors (Lipinski definition) is 4. The highest BCUT2D eigenvalue weighted by molar-refractivity contribution is 5.29. The third-order valence-electron chi connectivity index (χ3n) is 3.13. The third kappa shape index (κ3) is 2.15. The number of anilines is 1. The van der Waals surface area contributed by atoms with Gasteiger partial charge in [-0.15, -0.1) is 0 Å². The monoisotopic (exact) mass is 209 g/mol. The molecule has 1 aliphatic heterocycles. The van der Waals surface area contributed by atoms with Crippen molar-refractivity contribution in [1.29, 1.82) is 0 Å². The molecular weight excluding hydrogens is 190 g/mol. The second-order valence-electron chi connectivity index (χ2n) is 4.50. The Morgan fingerprint density at radius 2 is 2.40 bits per heavy atom. The predicted molar refractivity (Wildman–Crippen MR) is 59.6 cm³/mol. The van der Waals surface area contributed by atoms with Gasteiger partial charge in [-0.1, -0.05) is 6.92 Å². The van der Waals surface area contributed by atoms with Crippen LogP contribution < -0.4 is 10.6 Å². The molecule has 2 heterocycles. The molecule has 0 radical (unpaired) electrons. The van der Waals surface area contributed by atoms with E-state index < -0.39 is 0 Å². The summed E-state index contributed by atoms with van der Waals surface area (Å²) in [6.45, 7) is 6.01. The van der Waals surface area contributed by atoms with Crippen LogP contribution in [0.5, 0.6) is 0 Å². The van der Waals surface area contributed by atoms with Crippen molar-refractivity contribution in [2.75, 3.05) is 11.4 Å². The van der Waals surface area contributed by atoms with Crippen LogP contribution in [0.1, 0.15) is 32.4 Å². The minimum absolute atomic E-state index is 0.447. The highest BCUT2D eigenvalue weighted by Gasteiger charge is 2.25. The second kappa shape index (κ2) is 4.23. The van der Waals surface area contributed by atoms with Gasteiger partial charge in [0, 0.05) is 19.1 Å². The van der Waals surface area contributed by atoms with Crippen LogP contribution in [0.3, 0.4) is 0 Å². The molecular formula is C11H19N3O. The van der Waals surface area contributed by atoms with Gasteiger partial charge in [0.25, 0.3) is 6.01 Å². The number of aromatic nitrogens is 1. The minimum Gasteiger partial charge on any atom is -0.432 e. The van der Waals surface area contributed by atoms with Crippen LogP contribution in [-0.2, 0) is 6.54 Å². The highest BCUT2D eigenvalue weighted by atomic mass is 16.4. The molecule has 1 aromatic rings. The Hall–Kier alpha value is -1.03. The van der Waals surface area contributed by atoms with E-state index >= 15 is 0 Å². The maximum absolute atomic E-state index is 5.51.